The summed E-state index contributed by atoms with van der Waals surface area (Å²) in [6.07, 6.45) is 7.52. The zero-order valence-electron chi connectivity index (χ0n) is 12.3. The lowest BCUT2D eigenvalue weighted by Crippen LogP contribution is -2.55. The summed E-state index contributed by atoms with van der Waals surface area (Å²) in [7, 11) is 0. The Morgan fingerprint density at radius 2 is 1.89 bits per heavy atom. The number of hydrogen-bond acceptors (Lipinski definition) is 3. The molecule has 1 saturated carbocycles. The van der Waals surface area contributed by atoms with E-state index < -0.39 is 5.54 Å². The second-order valence-corrected chi connectivity index (χ2v) is 6.30. The molecule has 4 nitrogen and oxygen atoms in total. The molecule has 1 amide bonds. The Hall–Kier alpha value is -0.610. The van der Waals surface area contributed by atoms with Crippen molar-refractivity contribution in [3.8, 4) is 0 Å². The molecule has 2 aliphatic rings. The summed E-state index contributed by atoms with van der Waals surface area (Å²) < 4.78 is 0. The van der Waals surface area contributed by atoms with E-state index in [0.29, 0.717) is 5.92 Å². The van der Waals surface area contributed by atoms with Gasteiger partial charge in [-0.3, -0.25) is 4.79 Å². The molecule has 2 rings (SSSR count). The highest BCUT2D eigenvalue weighted by atomic mass is 16.2. The Labute approximate surface area is 117 Å². The molecule has 2 fully saturated rings. The lowest BCUT2D eigenvalue weighted by molar-refractivity contribution is -0.127. The molecular weight excluding hydrogens is 238 g/mol. The first-order chi connectivity index (χ1) is 9.14. The highest BCUT2D eigenvalue weighted by molar-refractivity contribution is 5.86. The van der Waals surface area contributed by atoms with Crippen LogP contribution in [0.15, 0.2) is 0 Å². The van der Waals surface area contributed by atoms with Gasteiger partial charge in [-0.05, 0) is 51.2 Å². The molecule has 0 spiro atoms. The molecule has 110 valence electrons. The van der Waals surface area contributed by atoms with Gasteiger partial charge in [0.25, 0.3) is 0 Å². The second kappa shape index (κ2) is 6.71. The molecule has 1 saturated heterocycles. The minimum Gasteiger partial charge on any atom is -0.354 e. The van der Waals surface area contributed by atoms with Gasteiger partial charge in [-0.25, -0.2) is 0 Å². The molecule has 0 atom stereocenters. The number of hydrogen-bond donors (Lipinski definition) is 2. The van der Waals surface area contributed by atoms with Gasteiger partial charge in [0.2, 0.25) is 5.91 Å². The van der Waals surface area contributed by atoms with Gasteiger partial charge in [0.05, 0.1) is 5.54 Å². The molecule has 0 unspecified atom stereocenters. The van der Waals surface area contributed by atoms with Crippen LogP contribution in [0.5, 0.6) is 0 Å². The SMILES string of the molecule is CCN1CCC(CNC(=O)C2(N)CCCCC2)CC1. The lowest BCUT2D eigenvalue weighted by atomic mass is 9.81. The van der Waals surface area contributed by atoms with Crippen molar-refractivity contribution < 1.29 is 4.79 Å². The van der Waals surface area contributed by atoms with Crippen LogP contribution < -0.4 is 11.1 Å². The van der Waals surface area contributed by atoms with Crippen LogP contribution in [0, 0.1) is 5.92 Å². The molecule has 1 heterocycles. The highest BCUT2D eigenvalue weighted by Gasteiger charge is 2.35. The molecule has 0 bridgehead atoms. The monoisotopic (exact) mass is 267 g/mol. The van der Waals surface area contributed by atoms with Crippen LogP contribution in [0.25, 0.3) is 0 Å². The summed E-state index contributed by atoms with van der Waals surface area (Å²) in [5, 5.41) is 3.11. The van der Waals surface area contributed by atoms with Gasteiger partial charge >= 0.3 is 0 Å². The minimum atomic E-state index is -0.581. The first-order valence-corrected chi connectivity index (χ1v) is 7.93. The molecule has 4 heteroatoms. The number of likely N-dealkylation sites (tertiary alicyclic amines) is 1. The number of carbonyl (C=O) groups is 1. The summed E-state index contributed by atoms with van der Waals surface area (Å²) in [4.78, 5) is 14.7. The van der Waals surface area contributed by atoms with E-state index in [1.54, 1.807) is 0 Å². The molecule has 1 aliphatic heterocycles. The Morgan fingerprint density at radius 3 is 2.47 bits per heavy atom. The minimum absolute atomic E-state index is 0.0881. The molecule has 3 N–H and O–H groups in total. The zero-order chi connectivity index (χ0) is 13.7. The standard InChI is InChI=1S/C15H29N3O/c1-2-18-10-6-13(7-11-18)12-17-14(19)15(16)8-4-3-5-9-15/h13H,2-12,16H2,1H3,(H,17,19). The topological polar surface area (TPSA) is 58.4 Å². The summed E-state index contributed by atoms with van der Waals surface area (Å²) in [6.45, 7) is 6.51. The van der Waals surface area contributed by atoms with E-state index in [4.69, 9.17) is 5.73 Å². The summed E-state index contributed by atoms with van der Waals surface area (Å²) in [5.41, 5.74) is 5.66. The number of nitrogens with two attached hydrogens (primary N) is 1. The van der Waals surface area contributed by atoms with Gasteiger partial charge in [-0.2, -0.15) is 0 Å². The van der Waals surface area contributed by atoms with Crippen LogP contribution in [0.2, 0.25) is 0 Å². The molecule has 19 heavy (non-hydrogen) atoms. The van der Waals surface area contributed by atoms with E-state index in [1.165, 1.54) is 32.4 Å². The first-order valence-electron chi connectivity index (χ1n) is 7.93. The van der Waals surface area contributed by atoms with E-state index in [0.717, 1.165) is 38.8 Å². The molecular formula is C15H29N3O. The van der Waals surface area contributed by atoms with E-state index in [2.05, 4.69) is 17.1 Å². The van der Waals surface area contributed by atoms with Crippen LogP contribution in [0.3, 0.4) is 0 Å². The second-order valence-electron chi connectivity index (χ2n) is 6.30. The van der Waals surface area contributed by atoms with E-state index in [-0.39, 0.29) is 5.91 Å². The molecule has 0 aromatic heterocycles. The summed E-state index contributed by atoms with van der Waals surface area (Å²) in [6, 6.07) is 0. The molecule has 0 radical (unpaired) electrons. The third-order valence-corrected chi connectivity index (χ3v) is 4.90. The van der Waals surface area contributed by atoms with Crippen LogP contribution in [-0.2, 0) is 4.79 Å². The summed E-state index contributed by atoms with van der Waals surface area (Å²) >= 11 is 0. The molecule has 0 aromatic carbocycles. The number of nitrogens with zero attached hydrogens (tertiary/aromatic N) is 1. The quantitative estimate of drug-likeness (QED) is 0.811. The Bertz CT molecular complexity index is 292. The number of amides is 1. The van der Waals surface area contributed by atoms with Crippen molar-refractivity contribution in [3.05, 3.63) is 0 Å². The van der Waals surface area contributed by atoms with Crippen molar-refractivity contribution in [3.63, 3.8) is 0 Å². The van der Waals surface area contributed by atoms with Gasteiger partial charge in [0, 0.05) is 6.54 Å². The van der Waals surface area contributed by atoms with Crippen LogP contribution in [0.1, 0.15) is 51.9 Å². The van der Waals surface area contributed by atoms with Crippen molar-refractivity contribution in [2.45, 2.75) is 57.4 Å². The van der Waals surface area contributed by atoms with Gasteiger partial charge < -0.3 is 16.0 Å². The maximum atomic E-state index is 12.2. The van der Waals surface area contributed by atoms with Crippen molar-refractivity contribution >= 4 is 5.91 Å². The fourth-order valence-electron chi connectivity index (χ4n) is 3.33. The predicted molar refractivity (Wildman–Crippen MR) is 77.9 cm³/mol. The van der Waals surface area contributed by atoms with Crippen molar-refractivity contribution in [1.29, 1.82) is 0 Å². The van der Waals surface area contributed by atoms with Crippen molar-refractivity contribution in [1.82, 2.24) is 10.2 Å². The predicted octanol–water partition coefficient (Wildman–Crippen LogP) is 1.50. The maximum absolute atomic E-state index is 12.2. The smallest absolute Gasteiger partial charge is 0.240 e. The number of nitrogens with one attached hydrogen (secondary N) is 1. The fraction of sp³-hybridized carbons (Fsp3) is 0.933. The number of rotatable bonds is 4. The van der Waals surface area contributed by atoms with Gasteiger partial charge in [-0.15, -0.1) is 0 Å². The van der Waals surface area contributed by atoms with E-state index in [9.17, 15) is 4.79 Å². The van der Waals surface area contributed by atoms with Crippen molar-refractivity contribution in [2.24, 2.45) is 11.7 Å². The highest BCUT2D eigenvalue weighted by Crippen LogP contribution is 2.26. The van der Waals surface area contributed by atoms with E-state index in [1.807, 2.05) is 0 Å². The lowest BCUT2D eigenvalue weighted by Gasteiger charge is -2.34. The number of carbonyl (C=O) groups excluding carboxylic acids is 1. The molecule has 0 aromatic rings. The van der Waals surface area contributed by atoms with Gasteiger partial charge in [-0.1, -0.05) is 26.2 Å². The zero-order valence-corrected chi connectivity index (χ0v) is 12.3. The number of piperidine rings is 1. The third-order valence-electron chi connectivity index (χ3n) is 4.90. The maximum Gasteiger partial charge on any atom is 0.240 e. The van der Waals surface area contributed by atoms with Gasteiger partial charge in [0.15, 0.2) is 0 Å². The third kappa shape index (κ3) is 3.93. The Balaban J connectivity index is 1.71. The molecule has 1 aliphatic carbocycles. The average molecular weight is 267 g/mol. The van der Waals surface area contributed by atoms with Crippen LogP contribution in [0.4, 0.5) is 0 Å². The first kappa shape index (κ1) is 14.8. The summed E-state index contributed by atoms with van der Waals surface area (Å²) in [5.74, 6) is 0.726. The normalized spacial score (nSPS) is 25.2. The van der Waals surface area contributed by atoms with Gasteiger partial charge in [0.1, 0.15) is 0 Å². The fourth-order valence-corrected chi connectivity index (χ4v) is 3.33. The van der Waals surface area contributed by atoms with E-state index >= 15 is 0 Å². The Morgan fingerprint density at radius 1 is 1.26 bits per heavy atom. The van der Waals surface area contributed by atoms with Crippen LogP contribution >= 0.6 is 0 Å². The largest absolute Gasteiger partial charge is 0.354 e. The van der Waals surface area contributed by atoms with Crippen molar-refractivity contribution in [2.75, 3.05) is 26.2 Å². The average Bonchev–Trinajstić information content (AvgIpc) is 2.46. The van der Waals surface area contributed by atoms with Crippen LogP contribution in [-0.4, -0.2) is 42.5 Å². The Kier molecular flexibility index (Phi) is 5.22.